The zero-order valence-corrected chi connectivity index (χ0v) is 11.7. The van der Waals surface area contributed by atoms with Gasteiger partial charge in [0, 0.05) is 12.1 Å². The Bertz CT molecular complexity index is 637. The molecule has 0 aliphatic carbocycles. The largest absolute Gasteiger partial charge is 0.394 e. The molecule has 6 heteroatoms. The first kappa shape index (κ1) is 13.6. The molecular formula is C15H17N3O3. The van der Waals surface area contributed by atoms with Gasteiger partial charge in [0.15, 0.2) is 5.76 Å². The molecule has 1 saturated heterocycles. The van der Waals surface area contributed by atoms with E-state index in [1.807, 2.05) is 30.3 Å². The lowest BCUT2D eigenvalue weighted by Crippen LogP contribution is -2.54. The number of benzene rings is 1. The van der Waals surface area contributed by atoms with E-state index in [9.17, 15) is 4.79 Å². The van der Waals surface area contributed by atoms with Crippen LogP contribution < -0.4 is 5.32 Å². The van der Waals surface area contributed by atoms with Crippen molar-refractivity contribution in [1.29, 1.82) is 0 Å². The summed E-state index contributed by atoms with van der Waals surface area (Å²) in [5, 5.41) is 15.9. The van der Waals surface area contributed by atoms with Crippen molar-refractivity contribution in [2.45, 2.75) is 19.4 Å². The number of nitrogens with one attached hydrogen (secondary N) is 1. The van der Waals surface area contributed by atoms with Gasteiger partial charge < -0.3 is 19.8 Å². The summed E-state index contributed by atoms with van der Waals surface area (Å²) in [5.74, 6) is 0.544. The van der Waals surface area contributed by atoms with Crippen molar-refractivity contribution in [3.8, 4) is 11.3 Å². The summed E-state index contributed by atoms with van der Waals surface area (Å²) >= 11 is 0. The first-order valence-corrected chi connectivity index (χ1v) is 6.91. The topological polar surface area (TPSA) is 78.6 Å². The van der Waals surface area contributed by atoms with Crippen LogP contribution in [0.4, 0.5) is 10.5 Å². The Hall–Kier alpha value is -2.34. The number of aliphatic hydroxyl groups is 1. The number of aryl methyl sites for hydroxylation is 1. The summed E-state index contributed by atoms with van der Waals surface area (Å²) in [7, 11) is 0. The summed E-state index contributed by atoms with van der Waals surface area (Å²) in [6.45, 7) is 2.43. The van der Waals surface area contributed by atoms with E-state index in [2.05, 4.69) is 10.5 Å². The quantitative estimate of drug-likeness (QED) is 0.907. The van der Waals surface area contributed by atoms with Gasteiger partial charge in [-0.15, -0.1) is 0 Å². The van der Waals surface area contributed by atoms with E-state index < -0.39 is 0 Å². The zero-order chi connectivity index (χ0) is 14.8. The number of amides is 2. The lowest BCUT2D eigenvalue weighted by molar-refractivity contribution is 0.0770. The van der Waals surface area contributed by atoms with Gasteiger partial charge in [-0.2, -0.15) is 0 Å². The van der Waals surface area contributed by atoms with E-state index in [0.717, 1.165) is 12.0 Å². The second kappa shape index (κ2) is 5.57. The Balaban J connectivity index is 1.83. The average molecular weight is 287 g/mol. The third-order valence-corrected chi connectivity index (χ3v) is 3.75. The number of anilines is 1. The van der Waals surface area contributed by atoms with Crippen molar-refractivity contribution in [2.24, 2.45) is 0 Å². The number of urea groups is 1. The number of carbonyl (C=O) groups is 1. The minimum Gasteiger partial charge on any atom is -0.394 e. The van der Waals surface area contributed by atoms with Crippen LogP contribution in [-0.4, -0.2) is 40.4 Å². The highest BCUT2D eigenvalue weighted by molar-refractivity contribution is 5.94. The van der Waals surface area contributed by atoms with Crippen LogP contribution in [0.2, 0.25) is 0 Å². The highest BCUT2D eigenvalue weighted by Gasteiger charge is 2.32. The first-order chi connectivity index (χ1) is 10.2. The molecule has 0 bridgehead atoms. The molecule has 2 aromatic rings. The molecule has 2 heterocycles. The minimum absolute atomic E-state index is 0.0123. The maximum atomic E-state index is 12.2. The second-order valence-corrected chi connectivity index (χ2v) is 5.09. The third-order valence-electron chi connectivity index (χ3n) is 3.75. The number of hydrogen-bond acceptors (Lipinski definition) is 4. The monoisotopic (exact) mass is 287 g/mol. The van der Waals surface area contributed by atoms with Crippen molar-refractivity contribution in [3.05, 3.63) is 36.0 Å². The van der Waals surface area contributed by atoms with E-state index in [-0.39, 0.29) is 18.7 Å². The van der Waals surface area contributed by atoms with Crippen LogP contribution in [0.5, 0.6) is 0 Å². The molecule has 1 aliphatic heterocycles. The van der Waals surface area contributed by atoms with Gasteiger partial charge in [0.2, 0.25) is 0 Å². The van der Waals surface area contributed by atoms with Crippen molar-refractivity contribution >= 4 is 11.7 Å². The predicted octanol–water partition coefficient (Wildman–Crippen LogP) is 2.25. The van der Waals surface area contributed by atoms with Gasteiger partial charge in [-0.3, -0.25) is 0 Å². The Morgan fingerprint density at radius 3 is 2.86 bits per heavy atom. The number of nitrogens with zero attached hydrogens (tertiary/aromatic N) is 2. The fourth-order valence-electron chi connectivity index (χ4n) is 2.38. The molecule has 1 aromatic heterocycles. The fourth-order valence-corrected chi connectivity index (χ4v) is 2.38. The Kier molecular flexibility index (Phi) is 3.62. The van der Waals surface area contributed by atoms with E-state index in [1.165, 1.54) is 0 Å². The number of rotatable bonds is 3. The smallest absolute Gasteiger partial charge is 0.322 e. The number of carbonyl (C=O) groups excluding carboxylic acids is 1. The maximum absolute atomic E-state index is 12.2. The summed E-state index contributed by atoms with van der Waals surface area (Å²) in [4.78, 5) is 13.8. The number of likely N-dealkylation sites (tertiary alicyclic amines) is 1. The molecule has 3 rings (SSSR count). The van der Waals surface area contributed by atoms with Gasteiger partial charge in [-0.25, -0.2) is 4.79 Å². The molecule has 0 radical (unpaired) electrons. The van der Waals surface area contributed by atoms with Crippen LogP contribution >= 0.6 is 0 Å². The molecular weight excluding hydrogens is 270 g/mol. The number of aromatic nitrogens is 1. The Labute approximate surface area is 122 Å². The van der Waals surface area contributed by atoms with Crippen molar-refractivity contribution in [3.63, 3.8) is 0 Å². The van der Waals surface area contributed by atoms with Crippen LogP contribution in [0.25, 0.3) is 11.3 Å². The van der Waals surface area contributed by atoms with Crippen molar-refractivity contribution in [1.82, 2.24) is 10.1 Å². The van der Waals surface area contributed by atoms with Crippen molar-refractivity contribution in [2.75, 3.05) is 18.5 Å². The highest BCUT2D eigenvalue weighted by Crippen LogP contribution is 2.31. The molecule has 21 heavy (non-hydrogen) atoms. The number of aliphatic hydroxyl groups excluding tert-OH is 1. The molecule has 0 spiro atoms. The van der Waals surface area contributed by atoms with Gasteiger partial charge in [0.1, 0.15) is 11.4 Å². The molecule has 1 aliphatic rings. The Morgan fingerprint density at radius 1 is 1.48 bits per heavy atom. The van der Waals surface area contributed by atoms with Gasteiger partial charge in [0.25, 0.3) is 0 Å². The zero-order valence-electron chi connectivity index (χ0n) is 11.7. The van der Waals surface area contributed by atoms with E-state index in [1.54, 1.807) is 11.8 Å². The van der Waals surface area contributed by atoms with Gasteiger partial charge in [-0.1, -0.05) is 35.5 Å². The molecule has 6 nitrogen and oxygen atoms in total. The highest BCUT2D eigenvalue weighted by atomic mass is 16.5. The van der Waals surface area contributed by atoms with E-state index in [4.69, 9.17) is 9.63 Å². The predicted molar refractivity (Wildman–Crippen MR) is 77.9 cm³/mol. The summed E-state index contributed by atoms with van der Waals surface area (Å²) in [6, 6.07) is 9.18. The average Bonchev–Trinajstić information content (AvgIpc) is 2.80. The lowest BCUT2D eigenvalue weighted by atomic mass is 10.1. The van der Waals surface area contributed by atoms with E-state index in [0.29, 0.717) is 23.7 Å². The van der Waals surface area contributed by atoms with Crippen molar-refractivity contribution < 1.29 is 14.4 Å². The lowest BCUT2D eigenvalue weighted by Gasteiger charge is -2.39. The van der Waals surface area contributed by atoms with Gasteiger partial charge >= 0.3 is 6.03 Å². The summed E-state index contributed by atoms with van der Waals surface area (Å²) in [5.41, 5.74) is 2.06. The van der Waals surface area contributed by atoms with Crippen LogP contribution in [0.1, 0.15) is 12.1 Å². The van der Waals surface area contributed by atoms with Crippen LogP contribution in [0.3, 0.4) is 0 Å². The van der Waals surface area contributed by atoms with Crippen LogP contribution in [-0.2, 0) is 0 Å². The summed E-state index contributed by atoms with van der Waals surface area (Å²) in [6.07, 6.45) is 0.831. The summed E-state index contributed by atoms with van der Waals surface area (Å²) < 4.78 is 5.33. The fraction of sp³-hybridized carbons (Fsp3) is 0.333. The minimum atomic E-state index is -0.233. The van der Waals surface area contributed by atoms with Gasteiger partial charge in [-0.05, 0) is 13.3 Å². The van der Waals surface area contributed by atoms with E-state index >= 15 is 0 Å². The Morgan fingerprint density at radius 2 is 2.24 bits per heavy atom. The third kappa shape index (κ3) is 2.50. The molecule has 1 atom stereocenters. The molecule has 1 fully saturated rings. The normalized spacial score (nSPS) is 17.4. The molecule has 0 saturated carbocycles. The second-order valence-electron chi connectivity index (χ2n) is 5.09. The number of hydrogen-bond donors (Lipinski definition) is 2. The van der Waals surface area contributed by atoms with Gasteiger partial charge in [0.05, 0.1) is 12.6 Å². The molecule has 1 unspecified atom stereocenters. The molecule has 2 amide bonds. The maximum Gasteiger partial charge on any atom is 0.322 e. The molecule has 2 N–H and O–H groups in total. The molecule has 110 valence electrons. The molecule has 1 aromatic carbocycles. The first-order valence-electron chi connectivity index (χ1n) is 6.91. The SMILES string of the molecule is Cc1noc(-c2ccccc2)c1NC(=O)N1CCC1CO. The standard InChI is InChI=1S/C15H17N3O3/c1-10-13(16-15(20)18-8-7-12(18)9-19)14(21-17-10)11-5-3-2-4-6-11/h2-6,12,19H,7-9H2,1H3,(H,16,20). The van der Waals surface area contributed by atoms with Crippen LogP contribution in [0, 0.1) is 6.92 Å². The van der Waals surface area contributed by atoms with Crippen LogP contribution in [0.15, 0.2) is 34.9 Å².